The molecule has 1 spiro atoms. The molecule has 3 heterocycles. The lowest BCUT2D eigenvalue weighted by molar-refractivity contribution is -0.123. The van der Waals surface area contributed by atoms with Gasteiger partial charge in [0.15, 0.2) is 5.82 Å². The van der Waals surface area contributed by atoms with Crippen molar-refractivity contribution in [1.82, 2.24) is 24.4 Å². The van der Waals surface area contributed by atoms with E-state index in [0.29, 0.717) is 49.6 Å². The smallest absolute Gasteiger partial charge is 0.243 e. The number of nitrogens with one attached hydrogen (secondary N) is 1. The van der Waals surface area contributed by atoms with E-state index in [0.717, 1.165) is 0 Å². The maximum atomic E-state index is 13.6. The van der Waals surface area contributed by atoms with Gasteiger partial charge in [-0.05, 0) is 37.1 Å². The molecule has 0 unspecified atom stereocenters. The second-order valence-electron chi connectivity index (χ2n) is 8.24. The van der Waals surface area contributed by atoms with Gasteiger partial charge in [-0.3, -0.25) is 4.79 Å². The maximum absolute atomic E-state index is 13.6. The fraction of sp³-hybridized carbons (Fsp3) is 0.318. The van der Waals surface area contributed by atoms with Crippen LogP contribution in [-0.2, 0) is 27.8 Å². The van der Waals surface area contributed by atoms with Crippen molar-refractivity contribution in [2.45, 2.75) is 36.2 Å². The van der Waals surface area contributed by atoms with Gasteiger partial charge in [-0.25, -0.2) is 22.5 Å². The van der Waals surface area contributed by atoms with E-state index in [2.05, 4.69) is 15.4 Å². The summed E-state index contributed by atoms with van der Waals surface area (Å²) >= 11 is 0. The van der Waals surface area contributed by atoms with Crippen LogP contribution < -0.4 is 5.32 Å². The third-order valence-electron chi connectivity index (χ3n) is 6.09. The lowest BCUT2D eigenvalue weighted by Crippen LogP contribution is -2.56. The summed E-state index contributed by atoms with van der Waals surface area (Å²) < 4.78 is 42.6. The molecule has 1 saturated heterocycles. The number of fused-ring (bicyclic) bond motifs is 1. The number of nitrogens with zero attached hydrogens (tertiary/aromatic N) is 4. The van der Waals surface area contributed by atoms with Gasteiger partial charge in [0.25, 0.3) is 0 Å². The number of hydrogen-bond acceptors (Lipinski definition) is 5. The molecule has 10 heteroatoms. The second-order valence-corrected chi connectivity index (χ2v) is 10.2. The number of piperidine rings is 1. The Hall–Kier alpha value is -3.11. The summed E-state index contributed by atoms with van der Waals surface area (Å²) in [6, 6.07) is 14.4. The summed E-state index contributed by atoms with van der Waals surface area (Å²) in [5, 5.41) is 7.50. The zero-order valence-electron chi connectivity index (χ0n) is 17.2. The van der Waals surface area contributed by atoms with E-state index in [-0.39, 0.29) is 23.2 Å². The van der Waals surface area contributed by atoms with Crippen LogP contribution in [0.4, 0.5) is 4.39 Å². The van der Waals surface area contributed by atoms with Crippen molar-refractivity contribution < 1.29 is 17.6 Å². The lowest BCUT2D eigenvalue weighted by atomic mass is 9.85. The molecule has 0 bridgehead atoms. The third-order valence-corrected chi connectivity index (χ3v) is 8.00. The molecule has 1 N–H and O–H groups in total. The number of amides is 1. The van der Waals surface area contributed by atoms with Gasteiger partial charge in [-0.2, -0.15) is 9.40 Å². The normalized spacial score (nSPS) is 18.7. The highest BCUT2D eigenvalue weighted by atomic mass is 32.2. The van der Waals surface area contributed by atoms with Crippen LogP contribution in [0.25, 0.3) is 11.4 Å². The van der Waals surface area contributed by atoms with Crippen LogP contribution in [0.15, 0.2) is 59.5 Å². The Bertz CT molecular complexity index is 1270. The van der Waals surface area contributed by atoms with Gasteiger partial charge in [0, 0.05) is 30.6 Å². The highest BCUT2D eigenvalue weighted by Gasteiger charge is 2.42. The number of carbonyl (C=O) groups is 1. The first-order chi connectivity index (χ1) is 15.3. The summed E-state index contributed by atoms with van der Waals surface area (Å²) in [6.45, 7) is 0.607. The van der Waals surface area contributed by atoms with E-state index in [1.807, 2.05) is 0 Å². The summed E-state index contributed by atoms with van der Waals surface area (Å²) in [6.07, 6.45) is 1.36. The van der Waals surface area contributed by atoms with Crippen LogP contribution >= 0.6 is 0 Å². The summed E-state index contributed by atoms with van der Waals surface area (Å²) in [4.78, 5) is 17.5. The van der Waals surface area contributed by atoms with Gasteiger partial charge in [-0.1, -0.05) is 30.3 Å². The van der Waals surface area contributed by atoms with Gasteiger partial charge in [0.1, 0.15) is 18.2 Å². The Kier molecular flexibility index (Phi) is 5.06. The monoisotopic (exact) mass is 455 g/mol. The van der Waals surface area contributed by atoms with Crippen LogP contribution in [0.2, 0.25) is 0 Å². The number of aromatic nitrogens is 3. The zero-order valence-corrected chi connectivity index (χ0v) is 18.1. The van der Waals surface area contributed by atoms with Crippen molar-refractivity contribution in [3.05, 3.63) is 66.2 Å². The molecule has 0 radical (unpaired) electrons. The summed E-state index contributed by atoms with van der Waals surface area (Å²) in [5.74, 6) is 0.419. The molecule has 2 aliphatic rings. The van der Waals surface area contributed by atoms with Gasteiger partial charge in [-0.15, -0.1) is 0 Å². The first kappa shape index (κ1) is 20.8. The number of benzene rings is 2. The highest BCUT2D eigenvalue weighted by Crippen LogP contribution is 2.31. The van der Waals surface area contributed by atoms with E-state index in [1.165, 1.54) is 16.4 Å². The average molecular weight is 456 g/mol. The van der Waals surface area contributed by atoms with E-state index in [4.69, 9.17) is 0 Å². The Morgan fingerprint density at radius 1 is 1.03 bits per heavy atom. The molecule has 1 aromatic heterocycles. The van der Waals surface area contributed by atoms with Crippen LogP contribution in [0.1, 0.15) is 18.7 Å². The summed E-state index contributed by atoms with van der Waals surface area (Å²) in [7, 11) is -3.58. The van der Waals surface area contributed by atoms with E-state index < -0.39 is 15.6 Å². The molecular formula is C22H22FN5O3S. The molecule has 3 aromatic rings. The van der Waals surface area contributed by atoms with E-state index >= 15 is 0 Å². The second kappa shape index (κ2) is 7.79. The maximum Gasteiger partial charge on any atom is 0.243 e. The first-order valence-electron chi connectivity index (χ1n) is 10.4. The molecule has 32 heavy (non-hydrogen) atoms. The molecule has 0 saturated carbocycles. The Labute approximate surface area is 185 Å². The van der Waals surface area contributed by atoms with Gasteiger partial charge in [0.2, 0.25) is 15.9 Å². The zero-order chi connectivity index (χ0) is 22.3. The molecule has 5 rings (SSSR count). The minimum Gasteiger partial charge on any atom is -0.349 e. The van der Waals surface area contributed by atoms with E-state index in [9.17, 15) is 17.6 Å². The van der Waals surface area contributed by atoms with Crippen molar-refractivity contribution in [3.8, 4) is 11.4 Å². The Morgan fingerprint density at radius 3 is 2.50 bits per heavy atom. The number of rotatable bonds is 3. The highest BCUT2D eigenvalue weighted by molar-refractivity contribution is 7.89. The molecule has 166 valence electrons. The number of hydrogen-bond donors (Lipinski definition) is 1. The van der Waals surface area contributed by atoms with E-state index in [1.54, 1.807) is 47.1 Å². The van der Waals surface area contributed by atoms with Crippen molar-refractivity contribution in [2.75, 3.05) is 13.1 Å². The number of sulfonamides is 1. The molecule has 8 nitrogen and oxygen atoms in total. The molecule has 0 aliphatic carbocycles. The standard InChI is InChI=1S/C22H22FN5O3S/c23-17-6-4-5-16(13-17)21-24-19-14-22(25-20(29)15-28(19)26-21)9-11-27(12-10-22)32(30,31)18-7-2-1-3-8-18/h1-8,13H,9-12,14-15H2,(H,25,29). The van der Waals surface area contributed by atoms with Crippen molar-refractivity contribution in [2.24, 2.45) is 0 Å². The Balaban J connectivity index is 1.38. The SMILES string of the molecule is O=C1Cn2nc(-c3cccc(F)c3)nc2CC2(CCN(S(=O)(=O)c3ccccc3)CC2)N1. The third kappa shape index (κ3) is 3.80. The van der Waals surface area contributed by atoms with Gasteiger partial charge >= 0.3 is 0 Å². The quantitative estimate of drug-likeness (QED) is 0.651. The fourth-order valence-corrected chi connectivity index (χ4v) is 5.86. The molecule has 0 atom stereocenters. The Morgan fingerprint density at radius 2 is 1.78 bits per heavy atom. The van der Waals surface area contributed by atoms with Crippen LogP contribution in [-0.4, -0.2) is 52.0 Å². The predicted octanol–water partition coefficient (Wildman–Crippen LogP) is 1.98. The molecule has 1 fully saturated rings. The topological polar surface area (TPSA) is 97.2 Å². The molecule has 2 aromatic carbocycles. The van der Waals surface area contributed by atoms with Crippen molar-refractivity contribution >= 4 is 15.9 Å². The number of carbonyl (C=O) groups excluding carboxylic acids is 1. The average Bonchev–Trinajstić information content (AvgIpc) is 3.11. The lowest BCUT2D eigenvalue weighted by Gasteiger charge is -2.40. The van der Waals surface area contributed by atoms with Gasteiger partial charge < -0.3 is 5.32 Å². The molecular weight excluding hydrogens is 433 g/mol. The molecule has 2 aliphatic heterocycles. The van der Waals surface area contributed by atoms with Crippen LogP contribution in [0.3, 0.4) is 0 Å². The molecule has 1 amide bonds. The minimum atomic E-state index is -3.58. The van der Waals surface area contributed by atoms with Crippen LogP contribution in [0, 0.1) is 5.82 Å². The largest absolute Gasteiger partial charge is 0.349 e. The fourth-order valence-electron chi connectivity index (χ4n) is 4.40. The predicted molar refractivity (Wildman–Crippen MR) is 114 cm³/mol. The first-order valence-corrected chi connectivity index (χ1v) is 11.8. The van der Waals surface area contributed by atoms with Crippen molar-refractivity contribution in [3.63, 3.8) is 0 Å². The van der Waals surface area contributed by atoms with Crippen LogP contribution in [0.5, 0.6) is 0 Å². The van der Waals surface area contributed by atoms with Gasteiger partial charge in [0.05, 0.1) is 4.90 Å². The van der Waals surface area contributed by atoms with Crippen molar-refractivity contribution in [1.29, 1.82) is 0 Å². The minimum absolute atomic E-state index is 0.0193. The number of halogens is 1. The summed E-state index contributed by atoms with van der Waals surface area (Å²) in [5.41, 5.74) is -0.0518.